The van der Waals surface area contributed by atoms with E-state index in [4.69, 9.17) is 0 Å². The van der Waals surface area contributed by atoms with Gasteiger partial charge in [-0.2, -0.15) is 0 Å². The van der Waals surface area contributed by atoms with Crippen LogP contribution in [0.4, 0.5) is 0 Å². The zero-order valence-electron chi connectivity index (χ0n) is 11.9. The van der Waals surface area contributed by atoms with E-state index in [0.717, 1.165) is 42.0 Å². The molecule has 104 valence electrons. The average Bonchev–Trinajstić information content (AvgIpc) is 2.47. The molecule has 0 aliphatic carbocycles. The van der Waals surface area contributed by atoms with Crippen LogP contribution in [0.25, 0.3) is 0 Å². The molecule has 0 saturated carbocycles. The lowest BCUT2D eigenvalue weighted by molar-refractivity contribution is 0.0604. The average molecular weight is 277 g/mol. The summed E-state index contributed by atoms with van der Waals surface area (Å²) in [5.74, 6) is 1.23. The van der Waals surface area contributed by atoms with Gasteiger partial charge in [-0.25, -0.2) is 0 Å². The van der Waals surface area contributed by atoms with Gasteiger partial charge in [-0.15, -0.1) is 11.8 Å². The van der Waals surface area contributed by atoms with Crippen LogP contribution in [-0.4, -0.2) is 29.1 Å². The number of rotatable bonds is 4. The Morgan fingerprint density at radius 3 is 2.84 bits per heavy atom. The minimum Gasteiger partial charge on any atom is -0.336 e. The number of carbonyl (C=O) groups is 1. The smallest absolute Gasteiger partial charge is 0.255 e. The monoisotopic (exact) mass is 277 g/mol. The highest BCUT2D eigenvalue weighted by Gasteiger charge is 2.27. The first-order valence-electron chi connectivity index (χ1n) is 7.30. The van der Waals surface area contributed by atoms with Gasteiger partial charge in [0.15, 0.2) is 0 Å². The summed E-state index contributed by atoms with van der Waals surface area (Å²) in [6.07, 6.45) is 4.62. The molecule has 0 N–H and O–H groups in total. The van der Waals surface area contributed by atoms with Crippen molar-refractivity contribution in [1.82, 2.24) is 4.90 Å². The van der Waals surface area contributed by atoms with Crippen molar-refractivity contribution in [2.45, 2.75) is 50.5 Å². The number of carbonyl (C=O) groups excluding carboxylic acids is 1. The molecule has 0 spiro atoms. The fraction of sp³-hybridized carbons (Fsp3) is 0.562. The molecule has 1 aromatic rings. The van der Waals surface area contributed by atoms with Gasteiger partial charge in [0.1, 0.15) is 0 Å². The predicted molar refractivity (Wildman–Crippen MR) is 81.8 cm³/mol. The molecule has 3 heteroatoms. The molecule has 1 fully saturated rings. The third-order valence-electron chi connectivity index (χ3n) is 3.78. The lowest BCUT2D eigenvalue weighted by atomic mass is 9.99. The van der Waals surface area contributed by atoms with Crippen LogP contribution in [0.2, 0.25) is 0 Å². The standard InChI is InChI=1S/C16H23NOS/c1-3-13-9-7-8-12-17(13)16(18)14-10-5-6-11-15(14)19-4-2/h5-6,10-11,13H,3-4,7-9,12H2,1-2H3. The van der Waals surface area contributed by atoms with Gasteiger partial charge in [-0.1, -0.05) is 26.0 Å². The molecular weight excluding hydrogens is 254 g/mol. The topological polar surface area (TPSA) is 20.3 Å². The number of hydrogen-bond donors (Lipinski definition) is 0. The van der Waals surface area contributed by atoms with Crippen molar-refractivity contribution < 1.29 is 4.79 Å². The van der Waals surface area contributed by atoms with Gasteiger partial charge in [0, 0.05) is 17.5 Å². The number of hydrogen-bond acceptors (Lipinski definition) is 2. The molecule has 1 heterocycles. The number of likely N-dealkylation sites (tertiary alicyclic amines) is 1. The van der Waals surface area contributed by atoms with Crippen LogP contribution in [0.1, 0.15) is 49.9 Å². The first-order valence-corrected chi connectivity index (χ1v) is 8.29. The molecule has 0 bridgehead atoms. The summed E-state index contributed by atoms with van der Waals surface area (Å²) in [6, 6.07) is 8.45. The maximum Gasteiger partial charge on any atom is 0.255 e. The Balaban J connectivity index is 2.22. The fourth-order valence-corrected chi connectivity index (χ4v) is 3.57. The summed E-state index contributed by atoms with van der Waals surface area (Å²) in [5, 5.41) is 0. The molecule has 1 aliphatic rings. The molecule has 1 amide bonds. The van der Waals surface area contributed by atoms with Crippen LogP contribution in [0.5, 0.6) is 0 Å². The molecule has 2 rings (SSSR count). The Morgan fingerprint density at radius 2 is 2.11 bits per heavy atom. The zero-order chi connectivity index (χ0) is 13.7. The Kier molecular flexibility index (Phi) is 5.32. The third kappa shape index (κ3) is 3.33. The van der Waals surface area contributed by atoms with Crippen molar-refractivity contribution in [2.24, 2.45) is 0 Å². The van der Waals surface area contributed by atoms with Crippen molar-refractivity contribution >= 4 is 17.7 Å². The summed E-state index contributed by atoms with van der Waals surface area (Å²) in [5.41, 5.74) is 0.884. The summed E-state index contributed by atoms with van der Waals surface area (Å²) < 4.78 is 0. The van der Waals surface area contributed by atoms with Crippen molar-refractivity contribution in [3.05, 3.63) is 29.8 Å². The van der Waals surface area contributed by atoms with Crippen molar-refractivity contribution in [2.75, 3.05) is 12.3 Å². The van der Waals surface area contributed by atoms with Crippen LogP contribution in [0, 0.1) is 0 Å². The minimum absolute atomic E-state index is 0.225. The molecule has 1 aliphatic heterocycles. The van der Waals surface area contributed by atoms with Gasteiger partial charge in [0.2, 0.25) is 0 Å². The van der Waals surface area contributed by atoms with Crippen LogP contribution in [0.15, 0.2) is 29.2 Å². The molecular formula is C16H23NOS. The first kappa shape index (κ1) is 14.4. The van der Waals surface area contributed by atoms with E-state index in [9.17, 15) is 4.79 Å². The zero-order valence-corrected chi connectivity index (χ0v) is 12.7. The Bertz CT molecular complexity index is 433. The van der Waals surface area contributed by atoms with Crippen LogP contribution in [-0.2, 0) is 0 Å². The summed E-state index contributed by atoms with van der Waals surface area (Å²) in [7, 11) is 0. The molecule has 1 aromatic carbocycles. The Morgan fingerprint density at radius 1 is 1.32 bits per heavy atom. The van der Waals surface area contributed by atoms with Gasteiger partial charge in [-0.3, -0.25) is 4.79 Å². The van der Waals surface area contributed by atoms with E-state index in [-0.39, 0.29) is 5.91 Å². The highest BCUT2D eigenvalue weighted by molar-refractivity contribution is 7.99. The number of nitrogens with zero attached hydrogens (tertiary/aromatic N) is 1. The molecule has 0 radical (unpaired) electrons. The second-order valence-electron chi connectivity index (χ2n) is 4.99. The summed E-state index contributed by atoms with van der Waals surface area (Å²) in [6.45, 7) is 5.23. The van der Waals surface area contributed by atoms with Gasteiger partial charge < -0.3 is 4.90 Å². The van der Waals surface area contributed by atoms with E-state index in [1.54, 1.807) is 11.8 Å². The van der Waals surface area contributed by atoms with Crippen LogP contribution < -0.4 is 0 Å². The molecule has 1 saturated heterocycles. The van der Waals surface area contributed by atoms with E-state index < -0.39 is 0 Å². The molecule has 2 nitrogen and oxygen atoms in total. The maximum absolute atomic E-state index is 12.8. The van der Waals surface area contributed by atoms with E-state index in [2.05, 4.69) is 24.8 Å². The highest BCUT2D eigenvalue weighted by atomic mass is 32.2. The number of thioether (sulfide) groups is 1. The van der Waals surface area contributed by atoms with Crippen molar-refractivity contribution in [3.8, 4) is 0 Å². The first-order chi connectivity index (χ1) is 9.27. The normalized spacial score (nSPS) is 19.5. The molecule has 19 heavy (non-hydrogen) atoms. The molecule has 1 unspecified atom stereocenters. The molecule has 1 atom stereocenters. The van der Waals surface area contributed by atoms with Gasteiger partial charge in [-0.05, 0) is 43.6 Å². The lowest BCUT2D eigenvalue weighted by Crippen LogP contribution is -2.43. The fourth-order valence-electron chi connectivity index (χ4n) is 2.77. The van der Waals surface area contributed by atoms with Gasteiger partial charge in [0.25, 0.3) is 5.91 Å². The van der Waals surface area contributed by atoms with Crippen LogP contribution in [0.3, 0.4) is 0 Å². The number of piperidine rings is 1. The summed E-state index contributed by atoms with van der Waals surface area (Å²) >= 11 is 1.76. The third-order valence-corrected chi connectivity index (χ3v) is 4.73. The SMILES string of the molecule is CCSc1ccccc1C(=O)N1CCCCC1CC. The Labute approximate surface area is 120 Å². The summed E-state index contributed by atoms with van der Waals surface area (Å²) in [4.78, 5) is 16.0. The van der Waals surface area contributed by atoms with Crippen molar-refractivity contribution in [1.29, 1.82) is 0 Å². The van der Waals surface area contributed by atoms with Gasteiger partial charge in [0.05, 0.1) is 5.56 Å². The van der Waals surface area contributed by atoms with E-state index in [1.807, 2.05) is 18.2 Å². The van der Waals surface area contributed by atoms with E-state index in [0.29, 0.717) is 6.04 Å². The quantitative estimate of drug-likeness (QED) is 0.769. The Hall–Kier alpha value is -0.960. The predicted octanol–water partition coefficient (Wildman–Crippen LogP) is 4.20. The van der Waals surface area contributed by atoms with Crippen molar-refractivity contribution in [3.63, 3.8) is 0 Å². The maximum atomic E-state index is 12.8. The number of amides is 1. The van der Waals surface area contributed by atoms with E-state index in [1.165, 1.54) is 6.42 Å². The largest absolute Gasteiger partial charge is 0.336 e. The van der Waals surface area contributed by atoms with Crippen LogP contribution >= 0.6 is 11.8 Å². The number of benzene rings is 1. The second kappa shape index (κ2) is 6.99. The van der Waals surface area contributed by atoms with E-state index >= 15 is 0 Å². The lowest BCUT2D eigenvalue weighted by Gasteiger charge is -2.35. The van der Waals surface area contributed by atoms with Gasteiger partial charge >= 0.3 is 0 Å². The minimum atomic E-state index is 0.225. The second-order valence-corrected chi connectivity index (χ2v) is 6.29. The highest BCUT2D eigenvalue weighted by Crippen LogP contribution is 2.27. The molecule has 0 aromatic heterocycles.